The third-order valence-corrected chi connectivity index (χ3v) is 3.73. The molecular formula is C18H13N3O3. The molecule has 0 unspecified atom stereocenters. The molecule has 2 aromatic heterocycles. The summed E-state index contributed by atoms with van der Waals surface area (Å²) < 4.78 is 5.40. The van der Waals surface area contributed by atoms with Gasteiger partial charge in [0.25, 0.3) is 5.91 Å². The highest BCUT2D eigenvalue weighted by atomic mass is 16.3. The van der Waals surface area contributed by atoms with Crippen LogP contribution in [0.5, 0.6) is 5.75 Å². The minimum Gasteiger partial charge on any atom is -0.508 e. The molecule has 0 atom stereocenters. The first-order valence-corrected chi connectivity index (χ1v) is 7.33. The lowest BCUT2D eigenvalue weighted by Gasteiger charge is -2.03. The quantitative estimate of drug-likeness (QED) is 0.536. The van der Waals surface area contributed by atoms with Crippen LogP contribution in [-0.4, -0.2) is 21.2 Å². The first kappa shape index (κ1) is 14.1. The largest absolute Gasteiger partial charge is 0.508 e. The molecule has 0 aliphatic carbocycles. The summed E-state index contributed by atoms with van der Waals surface area (Å²) in [5.74, 6) is 0.997. The summed E-state index contributed by atoms with van der Waals surface area (Å²) in [5.41, 5.74) is 2.14. The first-order valence-electron chi connectivity index (χ1n) is 7.33. The molecule has 4 rings (SSSR count). The van der Waals surface area contributed by atoms with Crippen molar-refractivity contribution < 1.29 is 14.3 Å². The van der Waals surface area contributed by atoms with Crippen LogP contribution in [0.2, 0.25) is 0 Å². The van der Waals surface area contributed by atoms with Gasteiger partial charge in [0.15, 0.2) is 5.82 Å². The van der Waals surface area contributed by atoms with Gasteiger partial charge in [0.2, 0.25) is 0 Å². The van der Waals surface area contributed by atoms with Crippen LogP contribution in [0.15, 0.2) is 65.3 Å². The van der Waals surface area contributed by atoms with Crippen molar-refractivity contribution in [2.75, 3.05) is 5.32 Å². The molecule has 2 aromatic carbocycles. The van der Waals surface area contributed by atoms with Crippen molar-refractivity contribution >= 4 is 22.6 Å². The molecule has 6 heteroatoms. The molecule has 0 saturated heterocycles. The number of hydrogen-bond donors (Lipinski definition) is 3. The van der Waals surface area contributed by atoms with Gasteiger partial charge >= 0.3 is 0 Å². The van der Waals surface area contributed by atoms with Crippen LogP contribution in [0.25, 0.3) is 22.2 Å². The Morgan fingerprint density at radius 3 is 2.71 bits per heavy atom. The van der Waals surface area contributed by atoms with Crippen molar-refractivity contribution in [1.29, 1.82) is 0 Å². The Morgan fingerprint density at radius 1 is 1.12 bits per heavy atom. The number of nitrogens with zero attached hydrogens (tertiary/aromatic N) is 1. The van der Waals surface area contributed by atoms with Gasteiger partial charge in [-0.1, -0.05) is 0 Å². The number of rotatable bonds is 3. The van der Waals surface area contributed by atoms with Gasteiger partial charge in [-0.3, -0.25) is 9.89 Å². The van der Waals surface area contributed by atoms with Crippen LogP contribution in [0, 0.1) is 0 Å². The summed E-state index contributed by atoms with van der Waals surface area (Å²) in [6, 6.07) is 15.4. The number of hydrogen-bond acceptors (Lipinski definition) is 4. The molecule has 3 N–H and O–H groups in total. The lowest BCUT2D eigenvalue weighted by atomic mass is 10.1. The van der Waals surface area contributed by atoms with Gasteiger partial charge in [-0.2, -0.15) is 5.10 Å². The molecule has 0 bridgehead atoms. The molecule has 0 radical (unpaired) electrons. The molecular weight excluding hydrogens is 306 g/mol. The third kappa shape index (κ3) is 2.50. The van der Waals surface area contributed by atoms with Gasteiger partial charge in [-0.05, 0) is 54.6 Å². The highest BCUT2D eigenvalue weighted by molar-refractivity contribution is 6.08. The zero-order valence-electron chi connectivity index (χ0n) is 12.5. The van der Waals surface area contributed by atoms with Crippen molar-refractivity contribution in [3.05, 3.63) is 66.4 Å². The normalized spacial score (nSPS) is 10.8. The first-order chi connectivity index (χ1) is 11.7. The van der Waals surface area contributed by atoms with Crippen LogP contribution < -0.4 is 5.32 Å². The van der Waals surface area contributed by atoms with Gasteiger partial charge < -0.3 is 14.8 Å². The number of aromatic amines is 1. The molecule has 0 saturated carbocycles. The van der Waals surface area contributed by atoms with Crippen LogP contribution in [0.1, 0.15) is 10.4 Å². The zero-order valence-corrected chi connectivity index (χ0v) is 12.5. The van der Waals surface area contributed by atoms with E-state index in [-0.39, 0.29) is 11.7 Å². The van der Waals surface area contributed by atoms with Crippen molar-refractivity contribution in [3.63, 3.8) is 0 Å². The number of phenolic OH excluding ortho intramolecular Hbond substituents is 1. The maximum Gasteiger partial charge on any atom is 0.256 e. The number of H-pyrrole nitrogens is 1. The second kappa shape index (κ2) is 5.58. The predicted molar refractivity (Wildman–Crippen MR) is 89.9 cm³/mol. The fourth-order valence-electron chi connectivity index (χ4n) is 2.50. The molecule has 0 aliphatic heterocycles. The summed E-state index contributed by atoms with van der Waals surface area (Å²) in [7, 11) is 0. The van der Waals surface area contributed by atoms with Gasteiger partial charge in [0.1, 0.15) is 11.5 Å². The topological polar surface area (TPSA) is 91.2 Å². The number of carbonyl (C=O) groups is 1. The number of benzene rings is 2. The van der Waals surface area contributed by atoms with Gasteiger partial charge in [0, 0.05) is 16.5 Å². The average Bonchev–Trinajstić information content (AvgIpc) is 3.25. The average molecular weight is 319 g/mol. The van der Waals surface area contributed by atoms with E-state index >= 15 is 0 Å². The number of nitrogens with one attached hydrogen (secondary N) is 2. The van der Waals surface area contributed by atoms with Crippen LogP contribution in [-0.2, 0) is 0 Å². The number of amides is 1. The second-order valence-electron chi connectivity index (χ2n) is 5.31. The van der Waals surface area contributed by atoms with E-state index in [1.165, 1.54) is 12.1 Å². The number of phenols is 1. The Morgan fingerprint density at radius 2 is 1.96 bits per heavy atom. The fraction of sp³-hybridized carbons (Fsp3) is 0. The van der Waals surface area contributed by atoms with Crippen molar-refractivity contribution in [2.24, 2.45) is 0 Å². The summed E-state index contributed by atoms with van der Waals surface area (Å²) in [5, 5.41) is 19.9. The lowest BCUT2D eigenvalue weighted by molar-refractivity contribution is 0.102. The number of anilines is 1. The van der Waals surface area contributed by atoms with Gasteiger partial charge in [-0.25, -0.2) is 0 Å². The SMILES string of the molecule is O=C(Nc1n[nH]c2ccc(-c3ccco3)cc12)c1ccc(O)cc1. The molecule has 1 amide bonds. The highest BCUT2D eigenvalue weighted by Crippen LogP contribution is 2.28. The molecule has 4 aromatic rings. The smallest absolute Gasteiger partial charge is 0.256 e. The van der Waals surface area contributed by atoms with Crippen molar-refractivity contribution in [2.45, 2.75) is 0 Å². The Labute approximate surface area is 136 Å². The van der Waals surface area contributed by atoms with E-state index in [9.17, 15) is 9.90 Å². The van der Waals surface area contributed by atoms with Crippen LogP contribution >= 0.6 is 0 Å². The minimum absolute atomic E-state index is 0.111. The number of aromatic nitrogens is 2. The number of aromatic hydroxyl groups is 1. The number of carbonyl (C=O) groups excluding carboxylic acids is 1. The van der Waals surface area contributed by atoms with E-state index < -0.39 is 0 Å². The Balaban J connectivity index is 1.67. The molecule has 0 spiro atoms. The van der Waals surface area contributed by atoms with E-state index in [4.69, 9.17) is 4.42 Å². The molecule has 118 valence electrons. The van der Waals surface area contributed by atoms with E-state index in [0.29, 0.717) is 11.4 Å². The highest BCUT2D eigenvalue weighted by Gasteiger charge is 2.12. The maximum atomic E-state index is 12.3. The molecule has 24 heavy (non-hydrogen) atoms. The van der Waals surface area contributed by atoms with Gasteiger partial charge in [-0.15, -0.1) is 0 Å². The van der Waals surface area contributed by atoms with E-state index in [1.807, 2.05) is 30.3 Å². The van der Waals surface area contributed by atoms with E-state index in [2.05, 4.69) is 15.5 Å². The monoisotopic (exact) mass is 319 g/mol. The zero-order chi connectivity index (χ0) is 16.5. The molecule has 2 heterocycles. The standard InChI is InChI=1S/C18H13N3O3/c22-13-6-3-11(4-7-13)18(23)19-17-14-10-12(16-2-1-9-24-16)5-8-15(14)20-21-17/h1-10,22H,(H2,19,20,21,23). The van der Waals surface area contributed by atoms with Gasteiger partial charge in [0.05, 0.1) is 11.8 Å². The second-order valence-corrected chi connectivity index (χ2v) is 5.31. The minimum atomic E-state index is -0.299. The van der Waals surface area contributed by atoms with E-state index in [0.717, 1.165) is 22.2 Å². The number of furan rings is 1. The Hall–Kier alpha value is -3.54. The molecule has 6 nitrogen and oxygen atoms in total. The maximum absolute atomic E-state index is 12.3. The lowest BCUT2D eigenvalue weighted by Crippen LogP contribution is -2.12. The molecule has 0 fully saturated rings. The summed E-state index contributed by atoms with van der Waals surface area (Å²) >= 11 is 0. The Kier molecular flexibility index (Phi) is 3.28. The molecule has 0 aliphatic rings. The summed E-state index contributed by atoms with van der Waals surface area (Å²) in [4.78, 5) is 12.3. The Bertz CT molecular complexity index is 1000. The third-order valence-electron chi connectivity index (χ3n) is 3.73. The summed E-state index contributed by atoms with van der Waals surface area (Å²) in [6.45, 7) is 0. The van der Waals surface area contributed by atoms with Crippen molar-refractivity contribution in [3.8, 4) is 17.1 Å². The predicted octanol–water partition coefficient (Wildman–Crippen LogP) is 3.78. The fourth-order valence-corrected chi connectivity index (χ4v) is 2.50. The summed E-state index contributed by atoms with van der Waals surface area (Å²) in [6.07, 6.45) is 1.61. The van der Waals surface area contributed by atoms with Crippen molar-refractivity contribution in [1.82, 2.24) is 10.2 Å². The van der Waals surface area contributed by atoms with E-state index in [1.54, 1.807) is 18.4 Å². The van der Waals surface area contributed by atoms with Crippen LogP contribution in [0.3, 0.4) is 0 Å². The van der Waals surface area contributed by atoms with Crippen LogP contribution in [0.4, 0.5) is 5.82 Å². The number of fused-ring (bicyclic) bond motifs is 1.